The molecule has 0 saturated carbocycles. The summed E-state index contributed by atoms with van der Waals surface area (Å²) in [5.74, 6) is 0.507. The fourth-order valence-electron chi connectivity index (χ4n) is 1.56. The molecule has 1 aromatic carbocycles. The first kappa shape index (κ1) is 11.9. The Labute approximate surface area is 108 Å². The predicted molar refractivity (Wildman–Crippen MR) is 68.8 cm³/mol. The number of rotatable bonds is 3. The van der Waals surface area contributed by atoms with Crippen molar-refractivity contribution >= 4 is 39.1 Å². The van der Waals surface area contributed by atoms with E-state index in [-0.39, 0.29) is 5.91 Å². The Morgan fingerprint density at radius 3 is 2.94 bits per heavy atom. The molecule has 0 atom stereocenters. The molecule has 1 saturated heterocycles. The Balaban J connectivity index is 1.97. The molecule has 1 amide bonds. The molecule has 0 spiro atoms. The largest absolute Gasteiger partial charge is 0.325 e. The fraction of sp³-hybridized carbons (Fsp3) is 0.364. The van der Waals surface area contributed by atoms with Gasteiger partial charge in [-0.15, -0.1) is 0 Å². The van der Waals surface area contributed by atoms with Gasteiger partial charge < -0.3 is 10.6 Å². The van der Waals surface area contributed by atoms with Crippen molar-refractivity contribution in [3.8, 4) is 0 Å². The second-order valence-electron chi connectivity index (χ2n) is 3.88. The number of anilines is 1. The summed E-state index contributed by atoms with van der Waals surface area (Å²) >= 11 is 9.28. The average molecular weight is 304 g/mol. The molecule has 1 aliphatic heterocycles. The van der Waals surface area contributed by atoms with E-state index in [9.17, 15) is 4.79 Å². The first-order valence-corrected chi connectivity index (χ1v) is 6.28. The highest BCUT2D eigenvalue weighted by molar-refractivity contribution is 9.10. The molecule has 3 nitrogen and oxygen atoms in total. The molecular weight excluding hydrogens is 291 g/mol. The molecule has 0 bridgehead atoms. The zero-order valence-electron chi connectivity index (χ0n) is 8.59. The SMILES string of the molecule is O=C(CC1CNC1)Nc1cccc(Cl)c1Br. The number of hydrogen-bond acceptors (Lipinski definition) is 2. The number of hydrogen-bond donors (Lipinski definition) is 2. The van der Waals surface area contributed by atoms with E-state index in [2.05, 4.69) is 26.6 Å². The average Bonchev–Trinajstić information content (AvgIpc) is 2.19. The van der Waals surface area contributed by atoms with Crippen molar-refractivity contribution in [2.45, 2.75) is 6.42 Å². The summed E-state index contributed by atoms with van der Waals surface area (Å²) in [5.41, 5.74) is 0.727. The standard InChI is InChI=1S/C11H12BrClN2O/c12-11-8(13)2-1-3-9(11)15-10(16)4-7-5-14-6-7/h1-3,7,14H,4-6H2,(H,15,16). The Kier molecular flexibility index (Phi) is 3.84. The summed E-state index contributed by atoms with van der Waals surface area (Å²) in [6.45, 7) is 1.87. The van der Waals surface area contributed by atoms with E-state index in [4.69, 9.17) is 11.6 Å². The van der Waals surface area contributed by atoms with Gasteiger partial charge in [0, 0.05) is 6.42 Å². The van der Waals surface area contributed by atoms with Crippen molar-refractivity contribution in [3.63, 3.8) is 0 Å². The summed E-state index contributed by atoms with van der Waals surface area (Å²) in [6, 6.07) is 5.41. The quantitative estimate of drug-likeness (QED) is 0.901. The first-order valence-electron chi connectivity index (χ1n) is 5.11. The Hall–Kier alpha value is -0.580. The van der Waals surface area contributed by atoms with Crippen molar-refractivity contribution in [1.82, 2.24) is 5.32 Å². The van der Waals surface area contributed by atoms with Gasteiger partial charge in [-0.25, -0.2) is 0 Å². The Bertz CT molecular complexity index is 407. The number of halogens is 2. The van der Waals surface area contributed by atoms with Crippen LogP contribution < -0.4 is 10.6 Å². The molecule has 5 heteroatoms. The van der Waals surface area contributed by atoms with Crippen LogP contribution in [0.15, 0.2) is 22.7 Å². The van der Waals surface area contributed by atoms with E-state index in [0.29, 0.717) is 17.4 Å². The van der Waals surface area contributed by atoms with Crippen LogP contribution in [0.2, 0.25) is 5.02 Å². The maximum atomic E-state index is 11.7. The molecule has 2 N–H and O–H groups in total. The summed E-state index contributed by atoms with van der Waals surface area (Å²) < 4.78 is 0.733. The lowest BCUT2D eigenvalue weighted by molar-refractivity contribution is -0.117. The van der Waals surface area contributed by atoms with Crippen LogP contribution in [-0.2, 0) is 4.79 Å². The van der Waals surface area contributed by atoms with Crippen LogP contribution in [0.4, 0.5) is 5.69 Å². The molecule has 1 aromatic rings. The Morgan fingerprint density at radius 2 is 2.31 bits per heavy atom. The molecule has 86 valence electrons. The normalized spacial score (nSPS) is 15.6. The maximum Gasteiger partial charge on any atom is 0.224 e. The molecule has 0 radical (unpaired) electrons. The zero-order valence-corrected chi connectivity index (χ0v) is 10.9. The van der Waals surface area contributed by atoms with Gasteiger partial charge >= 0.3 is 0 Å². The smallest absolute Gasteiger partial charge is 0.224 e. The number of carbonyl (C=O) groups excluding carboxylic acids is 1. The molecule has 1 heterocycles. The van der Waals surface area contributed by atoms with Gasteiger partial charge in [0.25, 0.3) is 0 Å². The second kappa shape index (κ2) is 5.17. The van der Waals surface area contributed by atoms with Gasteiger partial charge in [-0.3, -0.25) is 4.79 Å². The minimum atomic E-state index is 0.0365. The van der Waals surface area contributed by atoms with Crippen molar-refractivity contribution < 1.29 is 4.79 Å². The van der Waals surface area contributed by atoms with E-state index in [0.717, 1.165) is 23.2 Å². The predicted octanol–water partition coefficient (Wildman–Crippen LogP) is 2.65. The van der Waals surface area contributed by atoms with Gasteiger partial charge in [0.15, 0.2) is 0 Å². The highest BCUT2D eigenvalue weighted by Gasteiger charge is 2.20. The van der Waals surface area contributed by atoms with Crippen LogP contribution in [0.1, 0.15) is 6.42 Å². The molecule has 2 rings (SSSR count). The summed E-state index contributed by atoms with van der Waals surface area (Å²) in [4.78, 5) is 11.7. The van der Waals surface area contributed by atoms with E-state index in [1.807, 2.05) is 12.1 Å². The third kappa shape index (κ3) is 2.75. The third-order valence-corrected chi connectivity index (χ3v) is 3.96. The van der Waals surface area contributed by atoms with E-state index in [1.54, 1.807) is 6.07 Å². The molecule has 0 aromatic heterocycles. The van der Waals surface area contributed by atoms with E-state index in [1.165, 1.54) is 0 Å². The first-order chi connectivity index (χ1) is 7.66. The fourth-order valence-corrected chi connectivity index (χ4v) is 2.09. The van der Waals surface area contributed by atoms with E-state index < -0.39 is 0 Å². The Morgan fingerprint density at radius 1 is 1.56 bits per heavy atom. The van der Waals surface area contributed by atoms with Crippen LogP contribution in [0.25, 0.3) is 0 Å². The lowest BCUT2D eigenvalue weighted by atomic mass is 9.99. The molecular formula is C11H12BrClN2O. The van der Waals surface area contributed by atoms with Gasteiger partial charge in [-0.1, -0.05) is 17.7 Å². The molecule has 16 heavy (non-hydrogen) atoms. The summed E-state index contributed by atoms with van der Waals surface area (Å²) in [5, 5.41) is 6.59. The van der Waals surface area contributed by atoms with Crippen LogP contribution in [0, 0.1) is 5.92 Å². The number of amides is 1. The van der Waals surface area contributed by atoms with Gasteiger partial charge in [-0.05, 0) is 47.1 Å². The topological polar surface area (TPSA) is 41.1 Å². The van der Waals surface area contributed by atoms with Crippen LogP contribution in [0.5, 0.6) is 0 Å². The van der Waals surface area contributed by atoms with Gasteiger partial charge in [-0.2, -0.15) is 0 Å². The van der Waals surface area contributed by atoms with E-state index >= 15 is 0 Å². The van der Waals surface area contributed by atoms with Crippen LogP contribution in [0.3, 0.4) is 0 Å². The monoisotopic (exact) mass is 302 g/mol. The lowest BCUT2D eigenvalue weighted by Gasteiger charge is -2.26. The van der Waals surface area contributed by atoms with Crippen molar-refractivity contribution in [3.05, 3.63) is 27.7 Å². The van der Waals surface area contributed by atoms with Crippen molar-refractivity contribution in [2.75, 3.05) is 18.4 Å². The summed E-state index contributed by atoms with van der Waals surface area (Å²) in [6.07, 6.45) is 0.561. The summed E-state index contributed by atoms with van der Waals surface area (Å²) in [7, 11) is 0. The minimum absolute atomic E-state index is 0.0365. The molecule has 0 unspecified atom stereocenters. The van der Waals surface area contributed by atoms with Crippen molar-refractivity contribution in [1.29, 1.82) is 0 Å². The number of benzene rings is 1. The number of nitrogens with one attached hydrogen (secondary N) is 2. The number of carbonyl (C=O) groups is 1. The van der Waals surface area contributed by atoms with Crippen molar-refractivity contribution in [2.24, 2.45) is 5.92 Å². The molecule has 1 aliphatic rings. The second-order valence-corrected chi connectivity index (χ2v) is 5.08. The molecule has 1 fully saturated rings. The lowest BCUT2D eigenvalue weighted by Crippen LogP contribution is -2.43. The van der Waals surface area contributed by atoms with Gasteiger partial charge in [0.2, 0.25) is 5.91 Å². The van der Waals surface area contributed by atoms with Gasteiger partial charge in [0.1, 0.15) is 0 Å². The third-order valence-electron chi connectivity index (χ3n) is 2.57. The van der Waals surface area contributed by atoms with Gasteiger partial charge in [0.05, 0.1) is 15.2 Å². The minimum Gasteiger partial charge on any atom is -0.325 e. The van der Waals surface area contributed by atoms with Crippen LogP contribution >= 0.6 is 27.5 Å². The maximum absolute atomic E-state index is 11.7. The van der Waals surface area contributed by atoms with Crippen LogP contribution in [-0.4, -0.2) is 19.0 Å². The highest BCUT2D eigenvalue weighted by atomic mass is 79.9. The molecule has 0 aliphatic carbocycles. The zero-order chi connectivity index (χ0) is 11.5. The highest BCUT2D eigenvalue weighted by Crippen LogP contribution is 2.30.